The van der Waals surface area contributed by atoms with Gasteiger partial charge in [-0.15, -0.1) is 0 Å². The van der Waals surface area contributed by atoms with E-state index in [9.17, 15) is 4.79 Å². The van der Waals surface area contributed by atoms with Crippen LogP contribution in [0.2, 0.25) is 0 Å². The number of nitrogens with zero attached hydrogens (tertiary/aromatic N) is 1. The van der Waals surface area contributed by atoms with E-state index < -0.39 is 5.97 Å². The summed E-state index contributed by atoms with van der Waals surface area (Å²) in [7, 11) is 0. The molecule has 72 valence electrons. The van der Waals surface area contributed by atoms with Gasteiger partial charge in [0, 0.05) is 6.04 Å². The molecule has 0 aliphatic rings. The Balaban J connectivity index is 2.44. The van der Waals surface area contributed by atoms with Crippen LogP contribution in [-0.4, -0.2) is 22.1 Å². The number of nitrogens with one attached hydrogen (secondary N) is 1. The highest BCUT2D eigenvalue weighted by Gasteiger charge is 2.09. The van der Waals surface area contributed by atoms with Crippen molar-refractivity contribution in [3.8, 4) is 0 Å². The third-order valence-corrected chi connectivity index (χ3v) is 1.47. The molecule has 0 bridgehead atoms. The standard InChI is InChI=1S/C8H12N2O3/c1-5(3-7(11)12)10-8-9-4-6(2)13-8/h4-5H,3H2,1-2H3,(H,9,10)(H,11,12). The first-order valence-corrected chi connectivity index (χ1v) is 3.98. The molecule has 1 heterocycles. The molecule has 1 aromatic rings. The predicted molar refractivity (Wildman–Crippen MR) is 46.6 cm³/mol. The molecule has 0 aliphatic heterocycles. The molecule has 0 fully saturated rings. The molecule has 0 saturated heterocycles. The van der Waals surface area contributed by atoms with E-state index in [1.165, 1.54) is 0 Å². The van der Waals surface area contributed by atoms with Crippen molar-refractivity contribution >= 4 is 12.0 Å². The number of carboxylic acids is 1. The summed E-state index contributed by atoms with van der Waals surface area (Å²) >= 11 is 0. The zero-order valence-corrected chi connectivity index (χ0v) is 7.57. The van der Waals surface area contributed by atoms with E-state index >= 15 is 0 Å². The van der Waals surface area contributed by atoms with Crippen molar-refractivity contribution in [3.05, 3.63) is 12.0 Å². The van der Waals surface area contributed by atoms with Crippen LogP contribution in [0.15, 0.2) is 10.6 Å². The second kappa shape index (κ2) is 3.93. The van der Waals surface area contributed by atoms with E-state index in [1.54, 1.807) is 20.0 Å². The Bertz CT molecular complexity index is 295. The van der Waals surface area contributed by atoms with Gasteiger partial charge in [-0.3, -0.25) is 4.79 Å². The van der Waals surface area contributed by atoms with Crippen LogP contribution >= 0.6 is 0 Å². The summed E-state index contributed by atoms with van der Waals surface area (Å²) in [5.41, 5.74) is 0. The first-order chi connectivity index (χ1) is 6.08. The average molecular weight is 184 g/mol. The number of hydrogen-bond donors (Lipinski definition) is 2. The van der Waals surface area contributed by atoms with E-state index in [2.05, 4.69) is 10.3 Å². The summed E-state index contributed by atoms with van der Waals surface area (Å²) in [5.74, 6) is -0.145. The molecule has 0 aliphatic carbocycles. The largest absolute Gasteiger partial charge is 0.481 e. The van der Waals surface area contributed by atoms with Gasteiger partial charge in [0.1, 0.15) is 5.76 Å². The summed E-state index contributed by atoms with van der Waals surface area (Å²) < 4.78 is 5.12. The quantitative estimate of drug-likeness (QED) is 0.736. The summed E-state index contributed by atoms with van der Waals surface area (Å²) in [4.78, 5) is 14.2. The van der Waals surface area contributed by atoms with E-state index in [4.69, 9.17) is 9.52 Å². The van der Waals surface area contributed by atoms with Gasteiger partial charge in [-0.2, -0.15) is 0 Å². The van der Waals surface area contributed by atoms with Gasteiger partial charge in [0.2, 0.25) is 0 Å². The fraction of sp³-hybridized carbons (Fsp3) is 0.500. The highest BCUT2D eigenvalue weighted by atomic mass is 16.4. The smallest absolute Gasteiger partial charge is 0.305 e. The molecule has 0 amide bonds. The van der Waals surface area contributed by atoms with E-state index in [0.29, 0.717) is 11.8 Å². The average Bonchev–Trinajstić information content (AvgIpc) is 2.33. The summed E-state index contributed by atoms with van der Waals surface area (Å²) in [6.45, 7) is 3.54. The van der Waals surface area contributed by atoms with E-state index in [1.807, 2.05) is 0 Å². The molecule has 1 atom stereocenters. The Morgan fingerprint density at radius 1 is 1.85 bits per heavy atom. The van der Waals surface area contributed by atoms with Crippen molar-refractivity contribution in [2.45, 2.75) is 26.3 Å². The van der Waals surface area contributed by atoms with Crippen LogP contribution in [0.4, 0.5) is 6.01 Å². The van der Waals surface area contributed by atoms with Crippen molar-refractivity contribution in [2.24, 2.45) is 0 Å². The van der Waals surface area contributed by atoms with Crippen molar-refractivity contribution in [1.82, 2.24) is 4.98 Å². The summed E-state index contributed by atoms with van der Waals surface area (Å²) in [6, 6.07) is 0.182. The van der Waals surface area contributed by atoms with Crippen molar-refractivity contribution < 1.29 is 14.3 Å². The molecule has 0 spiro atoms. The van der Waals surface area contributed by atoms with Gasteiger partial charge >= 0.3 is 5.97 Å². The first kappa shape index (κ1) is 9.57. The number of aliphatic carboxylic acids is 1. The topological polar surface area (TPSA) is 75.4 Å². The Kier molecular flexibility index (Phi) is 2.89. The van der Waals surface area contributed by atoms with Gasteiger partial charge in [-0.25, -0.2) is 4.98 Å². The van der Waals surface area contributed by atoms with Crippen LogP contribution in [0, 0.1) is 6.92 Å². The monoisotopic (exact) mass is 184 g/mol. The molecule has 0 aromatic carbocycles. The number of aromatic nitrogens is 1. The lowest BCUT2D eigenvalue weighted by Crippen LogP contribution is -2.19. The number of oxazole rings is 1. The molecule has 13 heavy (non-hydrogen) atoms. The minimum atomic E-state index is -0.844. The van der Waals surface area contributed by atoms with Crippen molar-refractivity contribution in [1.29, 1.82) is 0 Å². The molecule has 1 aromatic heterocycles. The van der Waals surface area contributed by atoms with Crippen LogP contribution in [0.5, 0.6) is 0 Å². The number of anilines is 1. The lowest BCUT2D eigenvalue weighted by atomic mass is 10.2. The second-order valence-corrected chi connectivity index (χ2v) is 2.92. The van der Waals surface area contributed by atoms with E-state index in [-0.39, 0.29) is 12.5 Å². The molecular formula is C8H12N2O3. The molecule has 5 heteroatoms. The number of hydrogen-bond acceptors (Lipinski definition) is 4. The fourth-order valence-electron chi connectivity index (χ4n) is 0.945. The van der Waals surface area contributed by atoms with Crippen LogP contribution in [0.3, 0.4) is 0 Å². The lowest BCUT2D eigenvalue weighted by molar-refractivity contribution is -0.137. The Hall–Kier alpha value is -1.52. The maximum Gasteiger partial charge on any atom is 0.305 e. The Morgan fingerprint density at radius 2 is 2.54 bits per heavy atom. The molecule has 1 rings (SSSR count). The highest BCUT2D eigenvalue weighted by Crippen LogP contribution is 2.09. The zero-order valence-electron chi connectivity index (χ0n) is 7.57. The highest BCUT2D eigenvalue weighted by molar-refractivity contribution is 5.67. The van der Waals surface area contributed by atoms with Crippen LogP contribution in [0.25, 0.3) is 0 Å². The molecular weight excluding hydrogens is 172 g/mol. The van der Waals surface area contributed by atoms with Gasteiger partial charge in [0.25, 0.3) is 6.01 Å². The van der Waals surface area contributed by atoms with Crippen molar-refractivity contribution in [2.75, 3.05) is 5.32 Å². The first-order valence-electron chi connectivity index (χ1n) is 3.98. The third-order valence-electron chi connectivity index (χ3n) is 1.47. The number of rotatable bonds is 4. The minimum absolute atomic E-state index is 0.0431. The zero-order chi connectivity index (χ0) is 9.84. The van der Waals surface area contributed by atoms with E-state index in [0.717, 1.165) is 0 Å². The third kappa shape index (κ3) is 3.14. The molecule has 5 nitrogen and oxygen atoms in total. The summed E-state index contributed by atoms with van der Waals surface area (Å²) in [5, 5.41) is 11.3. The normalized spacial score (nSPS) is 12.5. The van der Waals surface area contributed by atoms with Gasteiger partial charge in [0.05, 0.1) is 12.6 Å². The minimum Gasteiger partial charge on any atom is -0.481 e. The maximum atomic E-state index is 10.3. The molecule has 0 radical (unpaired) electrons. The molecule has 1 unspecified atom stereocenters. The van der Waals surface area contributed by atoms with Crippen LogP contribution < -0.4 is 5.32 Å². The van der Waals surface area contributed by atoms with Gasteiger partial charge in [-0.1, -0.05) is 0 Å². The van der Waals surface area contributed by atoms with Crippen LogP contribution in [-0.2, 0) is 4.79 Å². The Morgan fingerprint density at radius 3 is 3.00 bits per heavy atom. The second-order valence-electron chi connectivity index (χ2n) is 2.92. The predicted octanol–water partition coefficient (Wildman–Crippen LogP) is 1.26. The number of carboxylic acid groups (broad SMARTS) is 1. The Labute approximate surface area is 75.8 Å². The van der Waals surface area contributed by atoms with Crippen LogP contribution in [0.1, 0.15) is 19.1 Å². The maximum absolute atomic E-state index is 10.3. The van der Waals surface area contributed by atoms with Gasteiger partial charge in [-0.05, 0) is 13.8 Å². The molecule has 0 saturated carbocycles. The number of aryl methyl sites for hydroxylation is 1. The fourth-order valence-corrected chi connectivity index (χ4v) is 0.945. The SMILES string of the molecule is Cc1cnc(NC(C)CC(=O)O)o1. The number of carbonyl (C=O) groups is 1. The van der Waals surface area contributed by atoms with Gasteiger partial charge < -0.3 is 14.8 Å². The summed E-state index contributed by atoms with van der Waals surface area (Å²) in [6.07, 6.45) is 1.62. The van der Waals surface area contributed by atoms with Gasteiger partial charge in [0.15, 0.2) is 0 Å². The van der Waals surface area contributed by atoms with Crippen molar-refractivity contribution in [3.63, 3.8) is 0 Å². The lowest BCUT2D eigenvalue weighted by Gasteiger charge is -2.08. The molecule has 2 N–H and O–H groups in total.